The van der Waals surface area contributed by atoms with Crippen LogP contribution in [-0.4, -0.2) is 29.7 Å². The molecular weight excluding hydrogens is 132 g/mol. The van der Waals surface area contributed by atoms with Crippen LogP contribution < -0.4 is 0 Å². The van der Waals surface area contributed by atoms with Crippen LogP contribution in [0.15, 0.2) is 0 Å². The summed E-state index contributed by atoms with van der Waals surface area (Å²) in [6.07, 6.45) is 1.64. The summed E-state index contributed by atoms with van der Waals surface area (Å²) >= 11 is 0. The van der Waals surface area contributed by atoms with Gasteiger partial charge in [0.25, 0.3) is 0 Å². The number of rotatable bonds is 3. The molecule has 2 N–H and O–H groups in total. The van der Waals surface area contributed by atoms with Gasteiger partial charge in [0.05, 0.1) is 13.2 Å². The van der Waals surface area contributed by atoms with E-state index in [0.717, 1.165) is 6.29 Å². The van der Waals surface area contributed by atoms with E-state index < -0.39 is 0 Å². The highest BCUT2D eigenvalue weighted by atomic mass is 16.3. The molecule has 0 saturated carbocycles. The monoisotopic (exact) mass is 148 g/mol. The molecular formula is C7H16O3. The Bertz CT molecular complexity index is 59.9. The van der Waals surface area contributed by atoms with Crippen LogP contribution in [0.3, 0.4) is 0 Å². The van der Waals surface area contributed by atoms with Crippen molar-refractivity contribution >= 4 is 6.29 Å². The van der Waals surface area contributed by atoms with Gasteiger partial charge in [-0.1, -0.05) is 13.8 Å². The molecule has 0 aliphatic heterocycles. The second-order valence-electron chi connectivity index (χ2n) is 2.24. The largest absolute Gasteiger partial charge is 0.394 e. The summed E-state index contributed by atoms with van der Waals surface area (Å²) in [6, 6.07) is 0. The molecule has 10 heavy (non-hydrogen) atoms. The third-order valence-corrected chi connectivity index (χ3v) is 0.668. The molecule has 3 nitrogen and oxygen atoms in total. The molecule has 0 saturated heterocycles. The summed E-state index contributed by atoms with van der Waals surface area (Å²) in [5.41, 5.74) is 0. The molecule has 0 radical (unpaired) electrons. The minimum absolute atomic E-state index is 0.125. The minimum Gasteiger partial charge on any atom is -0.394 e. The van der Waals surface area contributed by atoms with Gasteiger partial charge in [-0.25, -0.2) is 0 Å². The third kappa shape index (κ3) is 25.6. The molecule has 0 fully saturated rings. The van der Waals surface area contributed by atoms with E-state index in [1.165, 1.54) is 0 Å². The molecule has 62 valence electrons. The zero-order valence-electron chi connectivity index (χ0n) is 6.58. The molecule has 0 atom stereocenters. The Labute approximate surface area is 61.7 Å². The SMILES string of the molecule is CC(C)CC=O.OCCO. The highest BCUT2D eigenvalue weighted by molar-refractivity contribution is 5.49. The Morgan fingerprint density at radius 1 is 1.30 bits per heavy atom. The van der Waals surface area contributed by atoms with E-state index in [2.05, 4.69) is 0 Å². The number of carbonyl (C=O) groups excluding carboxylic acids is 1. The summed E-state index contributed by atoms with van der Waals surface area (Å²) in [5.74, 6) is 0.530. The highest BCUT2D eigenvalue weighted by Crippen LogP contribution is 1.92. The van der Waals surface area contributed by atoms with Crippen molar-refractivity contribution in [3.63, 3.8) is 0 Å². The molecule has 0 bridgehead atoms. The van der Waals surface area contributed by atoms with Gasteiger partial charge in [0.1, 0.15) is 6.29 Å². The molecule has 0 aliphatic rings. The van der Waals surface area contributed by atoms with Gasteiger partial charge in [-0.05, 0) is 5.92 Å². The maximum Gasteiger partial charge on any atom is 0.120 e. The van der Waals surface area contributed by atoms with Gasteiger partial charge < -0.3 is 15.0 Å². The van der Waals surface area contributed by atoms with E-state index in [-0.39, 0.29) is 13.2 Å². The normalized spacial score (nSPS) is 8.50. The molecule has 3 heteroatoms. The van der Waals surface area contributed by atoms with E-state index in [4.69, 9.17) is 10.2 Å². The molecule has 0 aromatic rings. The van der Waals surface area contributed by atoms with Crippen molar-refractivity contribution in [2.75, 3.05) is 13.2 Å². The van der Waals surface area contributed by atoms with Crippen LogP contribution in [0.5, 0.6) is 0 Å². The quantitative estimate of drug-likeness (QED) is 0.562. The van der Waals surface area contributed by atoms with E-state index in [9.17, 15) is 4.79 Å². The third-order valence-electron chi connectivity index (χ3n) is 0.668. The average Bonchev–Trinajstić information content (AvgIpc) is 1.89. The Hall–Kier alpha value is -0.410. The average molecular weight is 148 g/mol. The van der Waals surface area contributed by atoms with Crippen LogP contribution in [0.4, 0.5) is 0 Å². The van der Waals surface area contributed by atoms with Crippen LogP contribution in [0, 0.1) is 5.92 Å². The van der Waals surface area contributed by atoms with Gasteiger partial charge >= 0.3 is 0 Å². The van der Waals surface area contributed by atoms with E-state index in [1.54, 1.807) is 0 Å². The number of hydrogen-bond acceptors (Lipinski definition) is 3. The van der Waals surface area contributed by atoms with Crippen molar-refractivity contribution < 1.29 is 15.0 Å². The van der Waals surface area contributed by atoms with Gasteiger partial charge in [0, 0.05) is 6.42 Å². The Morgan fingerprint density at radius 2 is 1.70 bits per heavy atom. The standard InChI is InChI=1S/C5H10O.C2H6O2/c1-5(2)3-4-6;3-1-2-4/h4-5H,3H2,1-2H3;3-4H,1-2H2. The van der Waals surface area contributed by atoms with Gasteiger partial charge in [-0.2, -0.15) is 0 Å². The van der Waals surface area contributed by atoms with Crippen LogP contribution in [0.1, 0.15) is 20.3 Å². The lowest BCUT2D eigenvalue weighted by Gasteiger charge is -1.89. The number of aldehydes is 1. The van der Waals surface area contributed by atoms with Crippen LogP contribution in [-0.2, 0) is 4.79 Å². The van der Waals surface area contributed by atoms with Crippen molar-refractivity contribution in [2.24, 2.45) is 5.92 Å². The Kier molecular flexibility index (Phi) is 14.0. The van der Waals surface area contributed by atoms with Crippen molar-refractivity contribution in [3.05, 3.63) is 0 Å². The first-order valence-electron chi connectivity index (χ1n) is 3.34. The van der Waals surface area contributed by atoms with Crippen LogP contribution in [0.2, 0.25) is 0 Å². The summed E-state index contributed by atoms with van der Waals surface area (Å²) in [7, 11) is 0. The fraction of sp³-hybridized carbons (Fsp3) is 0.857. The lowest BCUT2D eigenvalue weighted by Crippen LogP contribution is -1.85. The van der Waals surface area contributed by atoms with E-state index in [0.29, 0.717) is 12.3 Å². The molecule has 0 aromatic heterocycles. The molecule has 0 spiro atoms. The number of aliphatic hydroxyl groups excluding tert-OH is 2. The van der Waals surface area contributed by atoms with E-state index in [1.807, 2.05) is 13.8 Å². The first-order valence-corrected chi connectivity index (χ1v) is 3.34. The first kappa shape index (κ1) is 12.3. The molecule has 0 aromatic carbocycles. The van der Waals surface area contributed by atoms with Crippen molar-refractivity contribution in [1.82, 2.24) is 0 Å². The number of hydrogen-bond donors (Lipinski definition) is 2. The summed E-state index contributed by atoms with van der Waals surface area (Å²) < 4.78 is 0. The summed E-state index contributed by atoms with van der Waals surface area (Å²) in [4.78, 5) is 9.62. The van der Waals surface area contributed by atoms with Crippen molar-refractivity contribution in [2.45, 2.75) is 20.3 Å². The second kappa shape index (κ2) is 11.4. The number of aliphatic hydroxyl groups is 2. The topological polar surface area (TPSA) is 57.5 Å². The summed E-state index contributed by atoms with van der Waals surface area (Å²) in [5, 5.41) is 15.2. The van der Waals surface area contributed by atoms with Crippen molar-refractivity contribution in [3.8, 4) is 0 Å². The van der Waals surface area contributed by atoms with Gasteiger partial charge in [-0.3, -0.25) is 0 Å². The molecule has 0 amide bonds. The van der Waals surface area contributed by atoms with Gasteiger partial charge in [-0.15, -0.1) is 0 Å². The predicted octanol–water partition coefficient (Wildman–Crippen LogP) is 0.202. The molecule has 0 heterocycles. The summed E-state index contributed by atoms with van der Waals surface area (Å²) in [6.45, 7) is 3.79. The molecule has 0 unspecified atom stereocenters. The van der Waals surface area contributed by atoms with Crippen molar-refractivity contribution in [1.29, 1.82) is 0 Å². The second-order valence-corrected chi connectivity index (χ2v) is 2.24. The lowest BCUT2D eigenvalue weighted by atomic mass is 10.2. The highest BCUT2D eigenvalue weighted by Gasteiger charge is 1.85. The zero-order valence-corrected chi connectivity index (χ0v) is 6.58. The first-order chi connectivity index (χ1) is 4.68. The molecule has 0 rings (SSSR count). The Balaban J connectivity index is 0. The Morgan fingerprint density at radius 3 is 1.70 bits per heavy atom. The predicted molar refractivity (Wildman–Crippen MR) is 39.7 cm³/mol. The molecule has 0 aliphatic carbocycles. The van der Waals surface area contributed by atoms with Gasteiger partial charge in [0.2, 0.25) is 0 Å². The van der Waals surface area contributed by atoms with Gasteiger partial charge in [0.15, 0.2) is 0 Å². The smallest absolute Gasteiger partial charge is 0.120 e. The zero-order chi connectivity index (χ0) is 8.41. The maximum absolute atomic E-state index is 9.62. The number of carbonyl (C=O) groups is 1. The maximum atomic E-state index is 9.62. The minimum atomic E-state index is -0.125. The fourth-order valence-electron chi connectivity index (χ4n) is 0.192. The lowest BCUT2D eigenvalue weighted by molar-refractivity contribution is -0.108. The van der Waals surface area contributed by atoms with E-state index >= 15 is 0 Å². The fourth-order valence-corrected chi connectivity index (χ4v) is 0.192. The van der Waals surface area contributed by atoms with Crippen LogP contribution in [0.25, 0.3) is 0 Å². The van der Waals surface area contributed by atoms with Crippen LogP contribution >= 0.6 is 0 Å².